The normalized spacial score (nSPS) is 15.3. The van der Waals surface area contributed by atoms with Gasteiger partial charge >= 0.3 is 12.6 Å². The fourth-order valence-corrected chi connectivity index (χ4v) is 0.144. The molecular weight excluding hydrogens is 187 g/mol. The van der Waals surface area contributed by atoms with Gasteiger partial charge in [-0.25, -0.2) is 0 Å². The highest BCUT2D eigenvalue weighted by Gasteiger charge is 2.69. The van der Waals surface area contributed by atoms with Crippen LogP contribution in [0.1, 0.15) is 0 Å². The highest BCUT2D eigenvalue weighted by Crippen LogP contribution is 2.41. The summed E-state index contributed by atoms with van der Waals surface area (Å²) < 4.78 is 76.6. The fraction of sp³-hybridized carbons (Fsp3) is 1.00. The van der Waals surface area contributed by atoms with E-state index in [1.54, 1.807) is 0 Å². The number of hydrogen-bond donors (Lipinski definition) is 0. The van der Waals surface area contributed by atoms with Crippen molar-refractivity contribution in [2.24, 2.45) is 0 Å². The molecule has 0 fully saturated rings. The molecule has 11 heavy (non-hydrogen) atoms. The van der Waals surface area contributed by atoms with Gasteiger partial charge in [0.25, 0.3) is 0 Å². The second kappa shape index (κ2) is 2.21. The maximum absolute atomic E-state index is 11.2. The summed E-state index contributed by atoms with van der Waals surface area (Å²) in [6, 6.07) is 0. The lowest BCUT2D eigenvalue weighted by atomic mass is 10.9. The zero-order valence-electron chi connectivity index (χ0n) is 4.50. The number of alkyl halides is 6. The van der Waals surface area contributed by atoms with Crippen molar-refractivity contribution in [2.75, 3.05) is 0 Å². The third-order valence-corrected chi connectivity index (χ3v) is 0.652. The van der Waals surface area contributed by atoms with Crippen LogP contribution in [0.15, 0.2) is 0 Å². The van der Waals surface area contributed by atoms with E-state index in [4.69, 9.17) is 5.21 Å². The van der Waals surface area contributed by atoms with E-state index >= 15 is 0 Å². The molecule has 0 aromatic carbocycles. The zero-order valence-corrected chi connectivity index (χ0v) is 4.50. The smallest absolute Gasteiger partial charge is 0.579 e. The third-order valence-electron chi connectivity index (χ3n) is 0.652. The van der Waals surface area contributed by atoms with Crippen LogP contribution in [0.5, 0.6) is 0 Å². The van der Waals surface area contributed by atoms with Gasteiger partial charge in [0.05, 0.1) is 0 Å². The highest BCUT2D eigenvalue weighted by atomic mass is 19.5. The van der Waals surface area contributed by atoms with Gasteiger partial charge in [0.2, 0.25) is 0 Å². The Kier molecular flexibility index (Phi) is 2.09. The summed E-state index contributed by atoms with van der Waals surface area (Å²) in [6.45, 7) is 0. The third kappa shape index (κ3) is 1.71. The molecule has 0 unspecified atom stereocenters. The second-order valence-electron chi connectivity index (χ2n) is 1.47. The average molecular weight is 187 g/mol. The fourth-order valence-electron chi connectivity index (χ4n) is 0.144. The molecule has 0 rings (SSSR count). The number of hydrogen-bond acceptors (Lipinski definition) is 1. The summed E-state index contributed by atoms with van der Waals surface area (Å²) in [5.41, 5.74) is 0. The first-order valence-electron chi connectivity index (χ1n) is 1.93. The molecule has 0 saturated carbocycles. The topological polar surface area (TPSA) is 23.1 Å². The Balaban J connectivity index is 4.75. The second-order valence-corrected chi connectivity index (χ2v) is 1.47. The number of hydroxylamine groups is 2. The quantitative estimate of drug-likeness (QED) is 0.247. The molecule has 0 spiro atoms. The van der Waals surface area contributed by atoms with E-state index in [0.29, 0.717) is 0 Å². The monoisotopic (exact) mass is 187 g/mol. The van der Waals surface area contributed by atoms with Crippen LogP contribution in [0.25, 0.3) is 0 Å². The standard InChI is InChI=1S/C2F7NO/c3-1(4,5)10(9,11)2(6,7)8. The maximum atomic E-state index is 11.2. The largest absolute Gasteiger partial charge is 0.606 e. The summed E-state index contributed by atoms with van der Waals surface area (Å²) >= 11 is 0. The Morgan fingerprint density at radius 2 is 1.00 bits per heavy atom. The van der Waals surface area contributed by atoms with Crippen LogP contribution in [0.4, 0.5) is 30.8 Å². The Morgan fingerprint density at radius 1 is 0.818 bits per heavy atom. The molecule has 2 nitrogen and oxygen atoms in total. The minimum absolute atomic E-state index is 5.71. The van der Waals surface area contributed by atoms with Crippen LogP contribution in [-0.4, -0.2) is 17.5 Å². The Labute approximate surface area is 54.9 Å². The van der Waals surface area contributed by atoms with Crippen LogP contribution >= 0.6 is 0 Å². The van der Waals surface area contributed by atoms with Crippen molar-refractivity contribution >= 4 is 0 Å². The minimum atomic E-state index is -6.53. The van der Waals surface area contributed by atoms with E-state index in [-0.39, 0.29) is 0 Å². The molecule has 0 amide bonds. The summed E-state index contributed by atoms with van der Waals surface area (Å²) in [4.78, 5) is -5.71. The van der Waals surface area contributed by atoms with Crippen molar-refractivity contribution < 1.29 is 35.7 Å². The van der Waals surface area contributed by atoms with Crippen LogP contribution in [0.3, 0.4) is 0 Å². The van der Waals surface area contributed by atoms with Gasteiger partial charge in [0, 0.05) is 9.35 Å². The molecule has 68 valence electrons. The Hall–Kier alpha value is -0.570. The zero-order chi connectivity index (χ0) is 9.50. The lowest BCUT2D eigenvalue weighted by Crippen LogP contribution is -2.55. The summed E-state index contributed by atoms with van der Waals surface area (Å²) in [5.74, 6) is 0. The lowest BCUT2D eigenvalue weighted by Gasteiger charge is -2.29. The van der Waals surface area contributed by atoms with Gasteiger partial charge in [-0.2, -0.15) is 0 Å². The molecular formula is C2F7NO. The van der Waals surface area contributed by atoms with Gasteiger partial charge < -0.3 is 5.21 Å². The van der Waals surface area contributed by atoms with Crippen LogP contribution in [0.2, 0.25) is 0 Å². The minimum Gasteiger partial charge on any atom is -0.579 e. The van der Waals surface area contributed by atoms with E-state index in [1.165, 1.54) is 0 Å². The van der Waals surface area contributed by atoms with Gasteiger partial charge in [-0.15, -0.1) is 26.3 Å². The molecule has 0 heterocycles. The van der Waals surface area contributed by atoms with Crippen LogP contribution in [0, 0.1) is 5.21 Å². The van der Waals surface area contributed by atoms with Crippen molar-refractivity contribution in [3.05, 3.63) is 5.21 Å². The van der Waals surface area contributed by atoms with Crippen LogP contribution < -0.4 is 0 Å². The SMILES string of the molecule is [O-][N+](F)(C(F)(F)F)C(F)(F)F. The first-order valence-corrected chi connectivity index (χ1v) is 1.93. The molecule has 0 aliphatic carbocycles. The average Bonchev–Trinajstić information content (AvgIpc) is 1.58. The summed E-state index contributed by atoms with van der Waals surface area (Å²) in [6.07, 6.45) is -13.1. The molecule has 0 saturated heterocycles. The predicted octanol–water partition coefficient (Wildman–Crippen LogP) is 2.23. The van der Waals surface area contributed by atoms with Gasteiger partial charge in [0.1, 0.15) is 0 Å². The van der Waals surface area contributed by atoms with Crippen molar-refractivity contribution in [2.45, 2.75) is 12.6 Å². The van der Waals surface area contributed by atoms with Gasteiger partial charge in [-0.1, -0.05) is 0 Å². The molecule has 0 bridgehead atoms. The predicted molar refractivity (Wildman–Crippen MR) is 16.8 cm³/mol. The summed E-state index contributed by atoms with van der Waals surface area (Å²) in [7, 11) is 0. The number of nitrogens with zero attached hydrogens (tertiary/aromatic N) is 1. The number of rotatable bonds is 0. The molecule has 0 aliphatic rings. The maximum Gasteiger partial charge on any atom is 0.606 e. The molecule has 0 radical (unpaired) electrons. The Bertz CT molecular complexity index is 128. The summed E-state index contributed by atoms with van der Waals surface area (Å²) in [5, 5.41) is 9.17. The van der Waals surface area contributed by atoms with E-state index in [0.717, 1.165) is 0 Å². The van der Waals surface area contributed by atoms with Gasteiger partial charge in [0.15, 0.2) is 0 Å². The molecule has 0 aliphatic heterocycles. The van der Waals surface area contributed by atoms with Gasteiger partial charge in [-0.3, -0.25) is 0 Å². The van der Waals surface area contributed by atoms with E-state index in [2.05, 4.69) is 0 Å². The molecule has 0 N–H and O–H groups in total. The van der Waals surface area contributed by atoms with Gasteiger partial charge in [-0.05, 0) is 0 Å². The van der Waals surface area contributed by atoms with Crippen molar-refractivity contribution in [3.63, 3.8) is 0 Å². The van der Waals surface area contributed by atoms with E-state index < -0.39 is 17.5 Å². The van der Waals surface area contributed by atoms with E-state index in [1.807, 2.05) is 0 Å². The van der Waals surface area contributed by atoms with Crippen molar-refractivity contribution in [3.8, 4) is 0 Å². The van der Waals surface area contributed by atoms with Crippen molar-refractivity contribution in [1.29, 1.82) is 0 Å². The van der Waals surface area contributed by atoms with Crippen molar-refractivity contribution in [1.82, 2.24) is 0 Å². The molecule has 0 aromatic heterocycles. The van der Waals surface area contributed by atoms with E-state index in [9.17, 15) is 30.8 Å². The lowest BCUT2D eigenvalue weighted by molar-refractivity contribution is -1.17. The first kappa shape index (κ1) is 10.4. The molecule has 0 atom stereocenters. The number of halogens is 7. The van der Waals surface area contributed by atoms with Crippen LogP contribution in [-0.2, 0) is 0 Å². The molecule has 9 heteroatoms. The molecule has 0 aromatic rings. The first-order chi connectivity index (χ1) is 4.50. The number of quaternary nitrogens is 1. The highest BCUT2D eigenvalue weighted by molar-refractivity contribution is 4.37. The Morgan fingerprint density at radius 3 is 1.00 bits per heavy atom.